The molecular weight excluding hydrogens is 378 g/mol. The van der Waals surface area contributed by atoms with Gasteiger partial charge in [-0.2, -0.15) is 0 Å². The SMILES string of the molecule is O=C(CSc1ccccc1C(=O)Nc1nc2c(s1)CCCCC2)NC1CC1. The zero-order valence-corrected chi connectivity index (χ0v) is 16.8. The van der Waals surface area contributed by atoms with Crippen LogP contribution in [0, 0.1) is 0 Å². The summed E-state index contributed by atoms with van der Waals surface area (Å²) in [7, 11) is 0. The van der Waals surface area contributed by atoms with Crippen molar-refractivity contribution >= 4 is 40.0 Å². The summed E-state index contributed by atoms with van der Waals surface area (Å²) < 4.78 is 0. The fourth-order valence-electron chi connectivity index (χ4n) is 3.17. The van der Waals surface area contributed by atoms with Gasteiger partial charge < -0.3 is 5.32 Å². The Morgan fingerprint density at radius 2 is 1.96 bits per heavy atom. The van der Waals surface area contributed by atoms with Gasteiger partial charge in [0.15, 0.2) is 5.13 Å². The molecule has 2 aromatic rings. The van der Waals surface area contributed by atoms with Crippen LogP contribution in [-0.2, 0) is 17.6 Å². The van der Waals surface area contributed by atoms with Crippen molar-refractivity contribution in [1.82, 2.24) is 10.3 Å². The summed E-state index contributed by atoms with van der Waals surface area (Å²) in [6.07, 6.45) is 7.84. The molecule has 7 heteroatoms. The van der Waals surface area contributed by atoms with E-state index in [4.69, 9.17) is 0 Å². The number of hydrogen-bond donors (Lipinski definition) is 2. The molecular formula is C20H23N3O2S2. The standard InChI is InChI=1S/C20H23N3O2S2/c24-18(21-13-10-11-13)12-26-16-8-5-4-6-14(16)19(25)23-20-22-15-7-2-1-3-9-17(15)27-20/h4-6,8,13H,1-3,7,9-12H2,(H,21,24)(H,22,23,25). The Kier molecular flexibility index (Phi) is 5.78. The van der Waals surface area contributed by atoms with Gasteiger partial charge in [-0.05, 0) is 50.7 Å². The molecule has 0 atom stereocenters. The summed E-state index contributed by atoms with van der Waals surface area (Å²) in [5, 5.41) is 6.62. The first kappa shape index (κ1) is 18.5. The van der Waals surface area contributed by atoms with Gasteiger partial charge in [0, 0.05) is 15.8 Å². The Labute approximate surface area is 167 Å². The minimum absolute atomic E-state index is 0.0291. The third kappa shape index (κ3) is 4.90. The van der Waals surface area contributed by atoms with E-state index in [0.29, 0.717) is 22.5 Å². The zero-order valence-electron chi connectivity index (χ0n) is 15.1. The van der Waals surface area contributed by atoms with Crippen LogP contribution in [0.15, 0.2) is 29.2 Å². The smallest absolute Gasteiger partial charge is 0.258 e. The maximum Gasteiger partial charge on any atom is 0.258 e. The Hall–Kier alpha value is -1.86. The van der Waals surface area contributed by atoms with Crippen molar-refractivity contribution in [2.75, 3.05) is 11.1 Å². The number of hydrogen-bond acceptors (Lipinski definition) is 5. The van der Waals surface area contributed by atoms with Gasteiger partial charge in [-0.25, -0.2) is 4.98 Å². The third-order valence-corrected chi connectivity index (χ3v) is 6.90. The number of amides is 2. The van der Waals surface area contributed by atoms with Gasteiger partial charge >= 0.3 is 0 Å². The second-order valence-corrected chi connectivity index (χ2v) is 9.13. The molecule has 2 N–H and O–H groups in total. The lowest BCUT2D eigenvalue weighted by atomic mass is 10.2. The maximum absolute atomic E-state index is 12.8. The average Bonchev–Trinajstić information content (AvgIpc) is 3.44. The fraction of sp³-hybridized carbons (Fsp3) is 0.450. The molecule has 1 fully saturated rings. The fourth-order valence-corrected chi connectivity index (χ4v) is 5.07. The minimum Gasteiger partial charge on any atom is -0.353 e. The maximum atomic E-state index is 12.8. The summed E-state index contributed by atoms with van der Waals surface area (Å²) in [6, 6.07) is 7.79. The molecule has 0 spiro atoms. The average molecular weight is 402 g/mol. The summed E-state index contributed by atoms with van der Waals surface area (Å²) in [5.41, 5.74) is 1.74. The number of anilines is 1. The molecule has 1 aromatic heterocycles. The van der Waals surface area contributed by atoms with Gasteiger partial charge in [0.25, 0.3) is 5.91 Å². The van der Waals surface area contributed by atoms with Gasteiger partial charge in [-0.1, -0.05) is 18.6 Å². The number of thioether (sulfide) groups is 1. The lowest BCUT2D eigenvalue weighted by Gasteiger charge is -2.09. The van der Waals surface area contributed by atoms with Crippen molar-refractivity contribution in [3.63, 3.8) is 0 Å². The van der Waals surface area contributed by atoms with E-state index in [9.17, 15) is 9.59 Å². The Morgan fingerprint density at radius 3 is 2.81 bits per heavy atom. The summed E-state index contributed by atoms with van der Waals surface area (Å²) in [4.78, 5) is 31.5. The van der Waals surface area contributed by atoms with Crippen LogP contribution in [-0.4, -0.2) is 28.6 Å². The highest BCUT2D eigenvalue weighted by atomic mass is 32.2. The van der Waals surface area contributed by atoms with Crippen LogP contribution in [0.2, 0.25) is 0 Å². The van der Waals surface area contributed by atoms with Crippen molar-refractivity contribution in [3.05, 3.63) is 40.4 Å². The van der Waals surface area contributed by atoms with Crippen molar-refractivity contribution in [2.24, 2.45) is 0 Å². The summed E-state index contributed by atoms with van der Waals surface area (Å²) in [6.45, 7) is 0. The first-order valence-corrected chi connectivity index (χ1v) is 11.3. The number of fused-ring (bicyclic) bond motifs is 1. The summed E-state index contributed by atoms with van der Waals surface area (Å²) >= 11 is 3.00. The van der Waals surface area contributed by atoms with Crippen LogP contribution in [0.1, 0.15) is 53.0 Å². The summed E-state index contributed by atoms with van der Waals surface area (Å²) in [5.74, 6) is 0.192. The molecule has 2 aliphatic rings. The number of thiazole rings is 1. The molecule has 27 heavy (non-hydrogen) atoms. The molecule has 142 valence electrons. The molecule has 0 bridgehead atoms. The van der Waals surface area contributed by atoms with Crippen molar-refractivity contribution in [1.29, 1.82) is 0 Å². The van der Waals surface area contributed by atoms with Crippen molar-refractivity contribution < 1.29 is 9.59 Å². The Morgan fingerprint density at radius 1 is 1.15 bits per heavy atom. The molecule has 2 amide bonds. The zero-order chi connectivity index (χ0) is 18.6. The molecule has 0 unspecified atom stereocenters. The number of aryl methyl sites for hydroxylation is 2. The van der Waals surface area contributed by atoms with Gasteiger partial charge in [0.1, 0.15) is 0 Å². The number of aromatic nitrogens is 1. The van der Waals surface area contributed by atoms with E-state index < -0.39 is 0 Å². The highest BCUT2D eigenvalue weighted by molar-refractivity contribution is 8.00. The number of carbonyl (C=O) groups excluding carboxylic acids is 2. The topological polar surface area (TPSA) is 71.1 Å². The normalized spacial score (nSPS) is 16.3. The van der Waals surface area contributed by atoms with Gasteiger partial charge in [0.05, 0.1) is 17.0 Å². The van der Waals surface area contributed by atoms with Gasteiger partial charge in [0.2, 0.25) is 5.91 Å². The van der Waals surface area contributed by atoms with Crippen LogP contribution >= 0.6 is 23.1 Å². The lowest BCUT2D eigenvalue weighted by molar-refractivity contribution is -0.118. The second-order valence-electron chi connectivity index (χ2n) is 7.03. The highest BCUT2D eigenvalue weighted by Gasteiger charge is 2.23. The number of nitrogens with zero attached hydrogens (tertiary/aromatic N) is 1. The molecule has 1 aromatic carbocycles. The molecule has 0 aliphatic heterocycles. The van der Waals surface area contributed by atoms with Crippen molar-refractivity contribution in [3.8, 4) is 0 Å². The van der Waals surface area contributed by atoms with Crippen LogP contribution in [0.5, 0.6) is 0 Å². The largest absolute Gasteiger partial charge is 0.353 e. The number of carbonyl (C=O) groups is 2. The predicted octanol–water partition coefficient (Wildman–Crippen LogP) is 4.04. The van der Waals surface area contributed by atoms with E-state index >= 15 is 0 Å². The third-order valence-electron chi connectivity index (χ3n) is 4.75. The first-order chi connectivity index (χ1) is 13.2. The van der Waals surface area contributed by atoms with Crippen LogP contribution in [0.3, 0.4) is 0 Å². The Balaban J connectivity index is 1.41. The highest BCUT2D eigenvalue weighted by Crippen LogP contribution is 2.30. The number of benzene rings is 1. The molecule has 5 nitrogen and oxygen atoms in total. The Bertz CT molecular complexity index is 822. The van der Waals surface area contributed by atoms with E-state index in [0.717, 1.165) is 36.3 Å². The van der Waals surface area contributed by atoms with Crippen LogP contribution < -0.4 is 10.6 Å². The minimum atomic E-state index is -0.162. The number of rotatable bonds is 6. The van der Waals surface area contributed by atoms with E-state index in [1.165, 1.54) is 35.9 Å². The van der Waals surface area contributed by atoms with Crippen LogP contribution in [0.4, 0.5) is 5.13 Å². The molecule has 0 saturated heterocycles. The van der Waals surface area contributed by atoms with E-state index in [1.807, 2.05) is 18.2 Å². The van der Waals surface area contributed by atoms with E-state index in [2.05, 4.69) is 15.6 Å². The predicted molar refractivity (Wildman–Crippen MR) is 110 cm³/mol. The molecule has 0 radical (unpaired) electrons. The second kappa shape index (κ2) is 8.44. The lowest BCUT2D eigenvalue weighted by Crippen LogP contribution is -2.27. The monoisotopic (exact) mass is 401 g/mol. The van der Waals surface area contributed by atoms with Gasteiger partial charge in [-0.3, -0.25) is 14.9 Å². The molecule has 4 rings (SSSR count). The van der Waals surface area contributed by atoms with Gasteiger partial charge in [-0.15, -0.1) is 23.1 Å². The quantitative estimate of drug-likeness (QED) is 0.566. The van der Waals surface area contributed by atoms with Crippen molar-refractivity contribution in [2.45, 2.75) is 55.9 Å². The van der Waals surface area contributed by atoms with E-state index in [1.54, 1.807) is 17.4 Å². The molecule has 2 aliphatic carbocycles. The van der Waals surface area contributed by atoms with E-state index in [-0.39, 0.29) is 11.8 Å². The number of nitrogens with one attached hydrogen (secondary N) is 2. The van der Waals surface area contributed by atoms with Crippen LogP contribution in [0.25, 0.3) is 0 Å². The molecule has 1 saturated carbocycles. The molecule has 1 heterocycles. The first-order valence-electron chi connectivity index (χ1n) is 9.50.